The van der Waals surface area contributed by atoms with Crippen LogP contribution >= 0.6 is 0 Å². The number of carboxylic acids is 4. The van der Waals surface area contributed by atoms with Gasteiger partial charge in [0.1, 0.15) is 0 Å². The normalized spacial score (nSPS) is 11.4. The molecule has 0 bridgehead atoms. The number of carbonyl (C=O) groups excluding carboxylic acids is 4. The summed E-state index contributed by atoms with van der Waals surface area (Å²) in [5.41, 5.74) is 0. The van der Waals surface area contributed by atoms with Crippen molar-refractivity contribution >= 4 is 67.8 Å². The molecule has 176 valence electrons. The van der Waals surface area contributed by atoms with E-state index in [1.165, 1.54) is 0 Å². The van der Waals surface area contributed by atoms with E-state index in [0.29, 0.717) is 0 Å². The van der Waals surface area contributed by atoms with E-state index in [4.69, 9.17) is 20.4 Å². The summed E-state index contributed by atoms with van der Waals surface area (Å²) in [5, 5.41) is 34.1. The molecular weight excluding hydrogens is 567 g/mol. The van der Waals surface area contributed by atoms with Crippen LogP contribution in [0.25, 0.3) is 0 Å². The maximum atomic E-state index is 11.9. The second-order valence-electron chi connectivity index (χ2n) is 4.87. The second-order valence-corrected chi connectivity index (χ2v) is 10.1. The van der Waals surface area contributed by atoms with Gasteiger partial charge in [-0.1, -0.05) is 0 Å². The van der Waals surface area contributed by atoms with Gasteiger partial charge < -0.3 is 0 Å². The number of hydrogen-bond donors (Lipinski definition) is 4. The molecule has 0 spiro atoms. The van der Waals surface area contributed by atoms with Gasteiger partial charge in [-0.3, -0.25) is 0 Å². The first-order valence-electron chi connectivity index (χ1n) is 7.80. The predicted molar refractivity (Wildman–Crippen MR) is 97.2 cm³/mol. The van der Waals surface area contributed by atoms with Crippen LogP contribution in [0.3, 0.4) is 0 Å². The third-order valence-electron chi connectivity index (χ3n) is 2.35. The van der Waals surface area contributed by atoms with Gasteiger partial charge in [0.2, 0.25) is 0 Å². The molecule has 0 saturated heterocycles. The Morgan fingerprint density at radius 2 is 0.576 bits per heavy atom. The van der Waals surface area contributed by atoms with E-state index < -0.39 is 67.8 Å². The van der Waals surface area contributed by atoms with Gasteiger partial charge in [0.15, 0.2) is 0 Å². The molecule has 0 unspecified atom stereocenters. The van der Waals surface area contributed by atoms with Gasteiger partial charge in [-0.05, 0) is 0 Å². The molecule has 4 N–H and O–H groups in total. The fourth-order valence-electron chi connectivity index (χ4n) is 1.31. The third kappa shape index (κ3) is 14.2. The summed E-state index contributed by atoms with van der Waals surface area (Å²) in [5.74, 6) is -13.4. The molecule has 0 aromatic rings. The summed E-state index contributed by atoms with van der Waals surface area (Å²) in [6.45, 7) is 0. The molecule has 0 atom stereocenters. The van der Waals surface area contributed by atoms with Crippen molar-refractivity contribution < 1.29 is 71.1 Å². The molecule has 0 rings (SSSR count). The molecule has 0 amide bonds. The van der Waals surface area contributed by atoms with E-state index in [9.17, 15) is 38.4 Å². The maximum absolute atomic E-state index is 11.9. The number of rotatable bonds is 12. The van der Waals surface area contributed by atoms with E-state index in [0.717, 1.165) is 0 Å². The molecule has 0 fully saturated rings. The van der Waals surface area contributed by atoms with Crippen LogP contribution in [0.1, 0.15) is 0 Å². The van der Waals surface area contributed by atoms with Crippen molar-refractivity contribution in [1.29, 1.82) is 0 Å². The first-order valence-corrected chi connectivity index (χ1v) is 12.5. The fourth-order valence-corrected chi connectivity index (χ4v) is 5.61. The van der Waals surface area contributed by atoms with Gasteiger partial charge in [-0.2, -0.15) is 0 Å². The zero-order valence-corrected chi connectivity index (χ0v) is 18.7. The average Bonchev–Trinajstić information content (AvgIpc) is 2.67. The van der Waals surface area contributed by atoms with E-state index in [-0.39, 0.29) is 48.6 Å². The molecular formula is C16H12O16Sn. The van der Waals surface area contributed by atoms with Crippen LogP contribution in [0.4, 0.5) is 0 Å². The van der Waals surface area contributed by atoms with Gasteiger partial charge >= 0.3 is 187 Å². The van der Waals surface area contributed by atoms with Crippen molar-refractivity contribution in [2.75, 3.05) is 0 Å². The van der Waals surface area contributed by atoms with Crippen LogP contribution in [0.2, 0.25) is 0 Å². The van der Waals surface area contributed by atoms with Crippen LogP contribution in [-0.4, -0.2) is 88.2 Å². The Kier molecular flexibility index (Phi) is 11.9. The van der Waals surface area contributed by atoms with Gasteiger partial charge in [0.05, 0.1) is 0 Å². The first-order chi connectivity index (χ1) is 15.2. The SMILES string of the molecule is O=C(O)/C=C\C(=O)[O][Sn]([O]C(=O)/C=C\C(=O)O)([O]C(=O)/C=C\C(=O)O)[O]C(=O)/C=C\C(=O)O. The van der Waals surface area contributed by atoms with Crippen molar-refractivity contribution in [3.05, 3.63) is 48.6 Å². The number of aliphatic carboxylic acids is 4. The van der Waals surface area contributed by atoms with E-state index in [2.05, 4.69) is 12.3 Å². The Hall–Kier alpha value is -4.48. The Morgan fingerprint density at radius 3 is 0.727 bits per heavy atom. The quantitative estimate of drug-likeness (QED) is 0.146. The average molecular weight is 579 g/mol. The zero-order valence-electron chi connectivity index (χ0n) is 15.8. The van der Waals surface area contributed by atoms with Crippen molar-refractivity contribution in [3.63, 3.8) is 0 Å². The summed E-state index contributed by atoms with van der Waals surface area (Å²) in [6, 6.07) is 0. The molecule has 0 radical (unpaired) electrons. The predicted octanol–water partition coefficient (Wildman–Crippen LogP) is -1.84. The molecule has 16 nitrogen and oxygen atoms in total. The van der Waals surface area contributed by atoms with E-state index >= 15 is 0 Å². The number of carboxylic acid groups (broad SMARTS) is 4. The summed E-state index contributed by atoms with van der Waals surface area (Å²) >= 11 is -6.67. The molecule has 0 heterocycles. The van der Waals surface area contributed by atoms with Crippen molar-refractivity contribution in [2.45, 2.75) is 0 Å². The van der Waals surface area contributed by atoms with Crippen LogP contribution in [0.5, 0.6) is 0 Å². The van der Waals surface area contributed by atoms with Crippen LogP contribution < -0.4 is 0 Å². The summed E-state index contributed by atoms with van der Waals surface area (Å²) in [6.07, 6.45) is 1.78. The van der Waals surface area contributed by atoms with Gasteiger partial charge in [0.25, 0.3) is 0 Å². The molecule has 0 aromatic carbocycles. The number of hydrogen-bond acceptors (Lipinski definition) is 12. The zero-order chi connectivity index (χ0) is 25.6. The standard InChI is InChI=1S/4C4H4O4.Sn/c4*5-3(6)1-2-4(7)8;/h4*1-2H,(H,5,6)(H,7,8);/q;;;;+4/p-4/b4*2-1-;. The summed E-state index contributed by atoms with van der Waals surface area (Å²) in [4.78, 5) is 89.6. The summed E-state index contributed by atoms with van der Waals surface area (Å²) < 4.78 is 18.3. The molecule has 0 aliphatic heterocycles. The van der Waals surface area contributed by atoms with Crippen molar-refractivity contribution in [3.8, 4) is 0 Å². The first kappa shape index (κ1) is 28.5. The minimum absolute atomic E-state index is 0.219. The molecule has 33 heavy (non-hydrogen) atoms. The Bertz CT molecular complexity index is 811. The summed E-state index contributed by atoms with van der Waals surface area (Å²) in [7, 11) is 0. The van der Waals surface area contributed by atoms with Crippen LogP contribution in [0, 0.1) is 0 Å². The molecule has 0 aromatic heterocycles. The van der Waals surface area contributed by atoms with Crippen LogP contribution in [0.15, 0.2) is 48.6 Å². The second kappa shape index (κ2) is 13.7. The molecule has 0 aliphatic carbocycles. The van der Waals surface area contributed by atoms with Crippen molar-refractivity contribution in [1.82, 2.24) is 0 Å². The Balaban J connectivity index is 6.31. The fraction of sp³-hybridized carbons (Fsp3) is 0. The van der Waals surface area contributed by atoms with E-state index in [1.807, 2.05) is 0 Å². The Labute approximate surface area is 187 Å². The third-order valence-corrected chi connectivity index (χ3v) is 7.50. The molecule has 17 heteroatoms. The molecule has 0 aliphatic rings. The van der Waals surface area contributed by atoms with Gasteiger partial charge in [-0.15, -0.1) is 0 Å². The monoisotopic (exact) mass is 580 g/mol. The van der Waals surface area contributed by atoms with E-state index in [1.54, 1.807) is 0 Å². The van der Waals surface area contributed by atoms with Crippen molar-refractivity contribution in [2.24, 2.45) is 0 Å². The topological polar surface area (TPSA) is 254 Å². The van der Waals surface area contributed by atoms with Gasteiger partial charge in [0, 0.05) is 0 Å². The van der Waals surface area contributed by atoms with Gasteiger partial charge in [-0.25, -0.2) is 0 Å². The minimum atomic E-state index is -6.67. The molecule has 0 saturated carbocycles. The number of carbonyl (C=O) groups is 8. The van der Waals surface area contributed by atoms with Crippen LogP contribution in [-0.2, 0) is 50.7 Å². The Morgan fingerprint density at radius 1 is 0.394 bits per heavy atom.